The minimum Gasteiger partial charge on any atom is -0.322 e. The molecule has 2 nitrogen and oxygen atoms in total. The lowest BCUT2D eigenvalue weighted by molar-refractivity contribution is -0.137. The molecule has 0 atom stereocenters. The highest BCUT2D eigenvalue weighted by atomic mass is 35.5. The summed E-state index contributed by atoms with van der Waals surface area (Å²) in [4.78, 5) is 12.0. The average Bonchev–Trinajstić information content (AvgIpc) is 2.37. The van der Waals surface area contributed by atoms with Gasteiger partial charge in [-0.2, -0.15) is 13.2 Å². The Labute approximate surface area is 128 Å². The van der Waals surface area contributed by atoms with Gasteiger partial charge in [0.15, 0.2) is 0 Å². The minimum absolute atomic E-state index is 0.0286. The van der Waals surface area contributed by atoms with E-state index in [1.165, 1.54) is 30.3 Å². The van der Waals surface area contributed by atoms with Crippen molar-refractivity contribution in [2.24, 2.45) is 0 Å². The van der Waals surface area contributed by atoms with Gasteiger partial charge in [0, 0.05) is 10.7 Å². The smallest absolute Gasteiger partial charge is 0.322 e. The van der Waals surface area contributed by atoms with Gasteiger partial charge in [0.05, 0.1) is 16.1 Å². The second-order valence-corrected chi connectivity index (χ2v) is 5.00. The average molecular weight is 334 g/mol. The van der Waals surface area contributed by atoms with Gasteiger partial charge in [-0.15, -0.1) is 0 Å². The molecule has 7 heteroatoms. The number of anilines is 1. The summed E-state index contributed by atoms with van der Waals surface area (Å²) in [6, 6.07) is 8.58. The summed E-state index contributed by atoms with van der Waals surface area (Å²) in [6.45, 7) is 0. The lowest BCUT2D eigenvalue weighted by Crippen LogP contribution is -2.13. The van der Waals surface area contributed by atoms with Crippen molar-refractivity contribution in [3.63, 3.8) is 0 Å². The molecule has 2 aromatic carbocycles. The third-order valence-electron chi connectivity index (χ3n) is 2.62. The zero-order valence-electron chi connectivity index (χ0n) is 10.3. The van der Waals surface area contributed by atoms with Crippen molar-refractivity contribution in [2.45, 2.75) is 6.18 Å². The quantitative estimate of drug-likeness (QED) is 0.797. The van der Waals surface area contributed by atoms with Gasteiger partial charge in [0.25, 0.3) is 5.91 Å². The van der Waals surface area contributed by atoms with Crippen molar-refractivity contribution >= 4 is 34.8 Å². The van der Waals surface area contributed by atoms with Crippen LogP contribution < -0.4 is 5.32 Å². The first-order valence-corrected chi connectivity index (χ1v) is 6.46. The van der Waals surface area contributed by atoms with E-state index >= 15 is 0 Å². The number of hydrogen-bond acceptors (Lipinski definition) is 1. The van der Waals surface area contributed by atoms with Crippen molar-refractivity contribution in [2.75, 3.05) is 5.32 Å². The number of benzene rings is 2. The lowest BCUT2D eigenvalue weighted by atomic mass is 10.1. The summed E-state index contributed by atoms with van der Waals surface area (Å²) in [7, 11) is 0. The summed E-state index contributed by atoms with van der Waals surface area (Å²) < 4.78 is 37.8. The third kappa shape index (κ3) is 3.89. The summed E-state index contributed by atoms with van der Waals surface area (Å²) in [5.41, 5.74) is -0.693. The van der Waals surface area contributed by atoms with Crippen LogP contribution >= 0.6 is 23.2 Å². The van der Waals surface area contributed by atoms with Gasteiger partial charge in [-0.05, 0) is 36.4 Å². The molecule has 0 fully saturated rings. The van der Waals surface area contributed by atoms with Crippen molar-refractivity contribution in [1.29, 1.82) is 0 Å². The van der Waals surface area contributed by atoms with Crippen LogP contribution in [0.1, 0.15) is 15.9 Å². The molecule has 0 unspecified atom stereocenters. The maximum absolute atomic E-state index is 12.6. The largest absolute Gasteiger partial charge is 0.416 e. The SMILES string of the molecule is O=C(Nc1cccc(C(F)(F)F)c1)c1ccc(Cl)cc1Cl. The van der Waals surface area contributed by atoms with E-state index < -0.39 is 17.6 Å². The number of carbonyl (C=O) groups is 1. The van der Waals surface area contributed by atoms with E-state index in [0.29, 0.717) is 5.02 Å². The molecule has 1 N–H and O–H groups in total. The highest BCUT2D eigenvalue weighted by Crippen LogP contribution is 2.31. The molecule has 0 aliphatic heterocycles. The molecule has 2 rings (SSSR count). The molecule has 0 bridgehead atoms. The summed E-state index contributed by atoms with van der Waals surface area (Å²) in [5.74, 6) is -0.615. The number of amides is 1. The fraction of sp³-hybridized carbons (Fsp3) is 0.0714. The van der Waals surface area contributed by atoms with Gasteiger partial charge < -0.3 is 5.32 Å². The Balaban J connectivity index is 2.24. The van der Waals surface area contributed by atoms with E-state index in [-0.39, 0.29) is 16.3 Å². The number of alkyl halides is 3. The predicted octanol–water partition coefficient (Wildman–Crippen LogP) is 5.26. The monoisotopic (exact) mass is 333 g/mol. The molecule has 0 saturated heterocycles. The van der Waals surface area contributed by atoms with Crippen LogP contribution in [0.2, 0.25) is 10.0 Å². The van der Waals surface area contributed by atoms with E-state index in [2.05, 4.69) is 5.32 Å². The molecule has 0 spiro atoms. The van der Waals surface area contributed by atoms with Crippen LogP contribution in [-0.2, 0) is 6.18 Å². The Bertz CT molecular complexity index is 686. The second-order valence-electron chi connectivity index (χ2n) is 4.16. The Morgan fingerprint density at radius 3 is 2.38 bits per heavy atom. The second kappa shape index (κ2) is 5.95. The molecular weight excluding hydrogens is 326 g/mol. The standard InChI is InChI=1S/C14H8Cl2F3NO/c15-9-4-5-11(12(16)7-9)13(21)20-10-3-1-2-8(6-10)14(17,18)19/h1-7H,(H,20,21). The zero-order chi connectivity index (χ0) is 15.6. The van der Waals surface area contributed by atoms with E-state index in [0.717, 1.165) is 12.1 Å². The van der Waals surface area contributed by atoms with Gasteiger partial charge in [-0.3, -0.25) is 4.79 Å². The molecule has 0 aliphatic carbocycles. The first kappa shape index (κ1) is 15.7. The number of hydrogen-bond donors (Lipinski definition) is 1. The van der Waals surface area contributed by atoms with Crippen molar-refractivity contribution in [3.05, 3.63) is 63.6 Å². The van der Waals surface area contributed by atoms with E-state index in [9.17, 15) is 18.0 Å². The van der Waals surface area contributed by atoms with Gasteiger partial charge in [-0.1, -0.05) is 29.3 Å². The minimum atomic E-state index is -4.47. The third-order valence-corrected chi connectivity index (χ3v) is 3.17. The molecular formula is C14H8Cl2F3NO. The highest BCUT2D eigenvalue weighted by Gasteiger charge is 2.30. The van der Waals surface area contributed by atoms with Crippen molar-refractivity contribution in [3.8, 4) is 0 Å². The van der Waals surface area contributed by atoms with Crippen LogP contribution in [0, 0.1) is 0 Å². The van der Waals surface area contributed by atoms with Crippen LogP contribution in [0.25, 0.3) is 0 Å². The van der Waals surface area contributed by atoms with E-state index in [4.69, 9.17) is 23.2 Å². The van der Waals surface area contributed by atoms with Gasteiger partial charge >= 0.3 is 6.18 Å². The molecule has 0 aromatic heterocycles. The van der Waals surface area contributed by atoms with Crippen LogP contribution in [-0.4, -0.2) is 5.91 Å². The lowest BCUT2D eigenvalue weighted by Gasteiger charge is -2.10. The van der Waals surface area contributed by atoms with Crippen LogP contribution in [0.3, 0.4) is 0 Å². The van der Waals surface area contributed by atoms with E-state index in [1.807, 2.05) is 0 Å². The molecule has 0 radical (unpaired) electrons. The van der Waals surface area contributed by atoms with Gasteiger partial charge in [0.1, 0.15) is 0 Å². The molecule has 0 saturated carbocycles. The van der Waals surface area contributed by atoms with Crippen LogP contribution in [0.5, 0.6) is 0 Å². The number of halogens is 5. The Hall–Kier alpha value is -1.72. The van der Waals surface area contributed by atoms with Crippen LogP contribution in [0.15, 0.2) is 42.5 Å². The first-order valence-electron chi connectivity index (χ1n) is 5.71. The molecule has 110 valence electrons. The first-order chi connectivity index (χ1) is 9.77. The molecule has 0 aliphatic rings. The number of nitrogens with one attached hydrogen (secondary N) is 1. The normalized spacial score (nSPS) is 11.3. The molecule has 21 heavy (non-hydrogen) atoms. The van der Waals surface area contributed by atoms with Crippen LogP contribution in [0.4, 0.5) is 18.9 Å². The zero-order valence-corrected chi connectivity index (χ0v) is 11.9. The summed E-state index contributed by atoms with van der Waals surface area (Å²) >= 11 is 11.6. The topological polar surface area (TPSA) is 29.1 Å². The predicted molar refractivity (Wildman–Crippen MR) is 75.9 cm³/mol. The van der Waals surface area contributed by atoms with Crippen molar-refractivity contribution in [1.82, 2.24) is 0 Å². The van der Waals surface area contributed by atoms with E-state index in [1.54, 1.807) is 0 Å². The fourth-order valence-corrected chi connectivity index (χ4v) is 2.14. The maximum Gasteiger partial charge on any atom is 0.416 e. The van der Waals surface area contributed by atoms with Crippen molar-refractivity contribution < 1.29 is 18.0 Å². The summed E-state index contributed by atoms with van der Waals surface area (Å²) in [5, 5.41) is 2.84. The molecule has 1 amide bonds. The fourth-order valence-electron chi connectivity index (χ4n) is 1.65. The number of rotatable bonds is 2. The Morgan fingerprint density at radius 2 is 1.76 bits per heavy atom. The highest BCUT2D eigenvalue weighted by molar-refractivity contribution is 6.37. The maximum atomic E-state index is 12.6. The molecule has 2 aromatic rings. The summed E-state index contributed by atoms with van der Waals surface area (Å²) in [6.07, 6.45) is -4.47. The Kier molecular flexibility index (Phi) is 4.44. The molecule has 0 heterocycles. The van der Waals surface area contributed by atoms with Gasteiger partial charge in [0.2, 0.25) is 0 Å². The van der Waals surface area contributed by atoms with Gasteiger partial charge in [-0.25, -0.2) is 0 Å². The number of carbonyl (C=O) groups excluding carboxylic acids is 1. The Morgan fingerprint density at radius 1 is 1.05 bits per heavy atom.